The van der Waals surface area contributed by atoms with Gasteiger partial charge in [0, 0.05) is 10.5 Å². The van der Waals surface area contributed by atoms with Gasteiger partial charge in [-0.25, -0.2) is 4.68 Å². The van der Waals surface area contributed by atoms with Gasteiger partial charge in [-0.3, -0.25) is 4.79 Å². The molecule has 0 fully saturated rings. The van der Waals surface area contributed by atoms with Crippen LogP contribution in [0.4, 0.5) is 0 Å². The number of nitrogens with zero attached hydrogens (tertiary/aromatic N) is 4. The Morgan fingerprint density at radius 1 is 1.38 bits per heavy atom. The normalized spacial score (nSPS) is 12.3. The number of rotatable bonds is 7. The molecule has 2 rings (SSSR count). The molecule has 1 atom stereocenters. The molecule has 0 spiro atoms. The number of thioether (sulfide) groups is 1. The van der Waals surface area contributed by atoms with Crippen LogP contribution in [0.15, 0.2) is 29.2 Å². The second-order valence-corrected chi connectivity index (χ2v) is 5.60. The molecule has 21 heavy (non-hydrogen) atoms. The van der Waals surface area contributed by atoms with Gasteiger partial charge < -0.3 is 5.11 Å². The number of aromatic nitrogens is 4. The number of carboxylic acids is 1. The van der Waals surface area contributed by atoms with E-state index in [0.29, 0.717) is 5.82 Å². The van der Waals surface area contributed by atoms with Gasteiger partial charge in [0.15, 0.2) is 5.82 Å². The van der Waals surface area contributed by atoms with Crippen LogP contribution in [-0.4, -0.2) is 37.5 Å². The van der Waals surface area contributed by atoms with E-state index in [0.717, 1.165) is 23.3 Å². The minimum absolute atomic E-state index is 0.0226. The molecule has 0 aliphatic carbocycles. The first-order chi connectivity index (χ1) is 10.2. The van der Waals surface area contributed by atoms with E-state index in [1.807, 2.05) is 37.4 Å². The second-order valence-electron chi connectivity index (χ2n) is 4.72. The minimum atomic E-state index is -0.840. The largest absolute Gasteiger partial charge is 0.481 e. The number of benzene rings is 1. The van der Waals surface area contributed by atoms with Crippen LogP contribution >= 0.6 is 11.8 Å². The van der Waals surface area contributed by atoms with Crippen molar-refractivity contribution in [2.75, 3.05) is 6.26 Å². The molecular formula is C14H18N4O2S. The third-order valence-corrected chi connectivity index (χ3v) is 3.96. The number of tetrazole rings is 1. The Labute approximate surface area is 127 Å². The molecular weight excluding hydrogens is 288 g/mol. The van der Waals surface area contributed by atoms with Gasteiger partial charge in [0.05, 0.1) is 12.5 Å². The fourth-order valence-electron chi connectivity index (χ4n) is 2.22. The smallest absolute Gasteiger partial charge is 0.305 e. The van der Waals surface area contributed by atoms with Crippen molar-refractivity contribution in [1.29, 1.82) is 0 Å². The summed E-state index contributed by atoms with van der Waals surface area (Å²) in [7, 11) is 0. The zero-order valence-corrected chi connectivity index (χ0v) is 12.9. The van der Waals surface area contributed by atoms with Crippen molar-refractivity contribution in [3.05, 3.63) is 24.3 Å². The fourth-order valence-corrected chi connectivity index (χ4v) is 2.62. The highest BCUT2D eigenvalue weighted by Gasteiger charge is 2.20. The Kier molecular flexibility index (Phi) is 5.32. The summed E-state index contributed by atoms with van der Waals surface area (Å²) in [5.74, 6) is -0.227. The first kappa shape index (κ1) is 15.5. The SMILES string of the molecule is CCCC(CC(=O)O)n1nnnc1-c1ccc(SC)cc1. The van der Waals surface area contributed by atoms with Crippen LogP contribution in [0.5, 0.6) is 0 Å². The molecule has 7 heteroatoms. The van der Waals surface area contributed by atoms with Gasteiger partial charge in [0.25, 0.3) is 0 Å². The Balaban J connectivity index is 2.32. The number of hydrogen-bond donors (Lipinski definition) is 1. The predicted molar refractivity (Wildman–Crippen MR) is 81.2 cm³/mol. The standard InChI is InChI=1S/C14H18N4O2S/c1-3-4-11(9-13(19)20)18-14(15-16-17-18)10-5-7-12(21-2)8-6-10/h5-8,11H,3-4,9H2,1-2H3,(H,19,20). The highest BCUT2D eigenvalue weighted by molar-refractivity contribution is 7.98. The first-order valence-corrected chi connectivity index (χ1v) is 8.02. The highest BCUT2D eigenvalue weighted by Crippen LogP contribution is 2.25. The molecule has 0 radical (unpaired) electrons. The summed E-state index contributed by atoms with van der Waals surface area (Å²) >= 11 is 1.67. The summed E-state index contributed by atoms with van der Waals surface area (Å²) in [6.07, 6.45) is 3.65. The van der Waals surface area contributed by atoms with Crippen molar-refractivity contribution in [2.24, 2.45) is 0 Å². The van der Waals surface area contributed by atoms with E-state index < -0.39 is 5.97 Å². The van der Waals surface area contributed by atoms with E-state index in [1.54, 1.807) is 16.4 Å². The van der Waals surface area contributed by atoms with E-state index in [1.165, 1.54) is 0 Å². The lowest BCUT2D eigenvalue weighted by molar-refractivity contribution is -0.138. The predicted octanol–water partition coefficient (Wildman–Crippen LogP) is 2.88. The van der Waals surface area contributed by atoms with Crippen LogP contribution in [0.25, 0.3) is 11.4 Å². The third-order valence-electron chi connectivity index (χ3n) is 3.22. The van der Waals surface area contributed by atoms with Gasteiger partial charge in [0.2, 0.25) is 0 Å². The van der Waals surface area contributed by atoms with Crippen molar-refractivity contribution in [3.8, 4) is 11.4 Å². The van der Waals surface area contributed by atoms with Crippen molar-refractivity contribution in [2.45, 2.75) is 37.1 Å². The molecule has 1 N–H and O–H groups in total. The van der Waals surface area contributed by atoms with Crippen LogP contribution in [-0.2, 0) is 4.79 Å². The van der Waals surface area contributed by atoms with Crippen LogP contribution < -0.4 is 0 Å². The van der Waals surface area contributed by atoms with Gasteiger partial charge in [-0.05, 0) is 35.2 Å². The second kappa shape index (κ2) is 7.21. The van der Waals surface area contributed by atoms with Crippen LogP contribution in [0.1, 0.15) is 32.2 Å². The maximum absolute atomic E-state index is 11.0. The molecule has 1 aromatic carbocycles. The van der Waals surface area contributed by atoms with Gasteiger partial charge in [-0.15, -0.1) is 16.9 Å². The lowest BCUT2D eigenvalue weighted by Gasteiger charge is -2.15. The van der Waals surface area contributed by atoms with Crippen molar-refractivity contribution in [3.63, 3.8) is 0 Å². The summed E-state index contributed by atoms with van der Waals surface area (Å²) in [4.78, 5) is 12.2. The zero-order chi connectivity index (χ0) is 15.2. The zero-order valence-electron chi connectivity index (χ0n) is 12.1. The highest BCUT2D eigenvalue weighted by atomic mass is 32.2. The number of hydrogen-bond acceptors (Lipinski definition) is 5. The maximum atomic E-state index is 11.0. The van der Waals surface area contributed by atoms with E-state index >= 15 is 0 Å². The summed E-state index contributed by atoms with van der Waals surface area (Å²) in [5, 5.41) is 20.8. The Morgan fingerprint density at radius 2 is 2.10 bits per heavy atom. The molecule has 0 aliphatic heterocycles. The quantitative estimate of drug-likeness (QED) is 0.792. The monoisotopic (exact) mass is 306 g/mol. The summed E-state index contributed by atoms with van der Waals surface area (Å²) in [6, 6.07) is 7.70. The summed E-state index contributed by atoms with van der Waals surface area (Å²) in [6.45, 7) is 2.02. The van der Waals surface area contributed by atoms with Gasteiger partial charge >= 0.3 is 5.97 Å². The van der Waals surface area contributed by atoms with E-state index in [-0.39, 0.29) is 12.5 Å². The number of carbonyl (C=O) groups is 1. The molecule has 0 saturated heterocycles. The average molecular weight is 306 g/mol. The molecule has 112 valence electrons. The van der Waals surface area contributed by atoms with Crippen LogP contribution in [0.3, 0.4) is 0 Å². The Hall–Kier alpha value is -1.89. The number of aliphatic carboxylic acids is 1. The minimum Gasteiger partial charge on any atom is -0.481 e. The topological polar surface area (TPSA) is 80.9 Å². The van der Waals surface area contributed by atoms with Crippen molar-refractivity contribution < 1.29 is 9.90 Å². The molecule has 1 heterocycles. The average Bonchev–Trinajstić information content (AvgIpc) is 2.96. The molecule has 0 amide bonds. The molecule has 0 bridgehead atoms. The van der Waals surface area contributed by atoms with Gasteiger partial charge in [0.1, 0.15) is 0 Å². The molecule has 0 aliphatic rings. The van der Waals surface area contributed by atoms with Crippen molar-refractivity contribution >= 4 is 17.7 Å². The lowest BCUT2D eigenvalue weighted by atomic mass is 10.1. The number of carboxylic acid groups (broad SMARTS) is 1. The van der Waals surface area contributed by atoms with Gasteiger partial charge in [-0.2, -0.15) is 0 Å². The van der Waals surface area contributed by atoms with Crippen molar-refractivity contribution in [1.82, 2.24) is 20.2 Å². The third kappa shape index (κ3) is 3.81. The van der Waals surface area contributed by atoms with Gasteiger partial charge in [-0.1, -0.05) is 25.5 Å². The van der Waals surface area contributed by atoms with E-state index in [9.17, 15) is 4.79 Å². The summed E-state index contributed by atoms with van der Waals surface area (Å²) < 4.78 is 1.63. The molecule has 1 unspecified atom stereocenters. The molecule has 2 aromatic rings. The van der Waals surface area contributed by atoms with Crippen LogP contribution in [0.2, 0.25) is 0 Å². The lowest BCUT2D eigenvalue weighted by Crippen LogP contribution is -2.16. The molecule has 6 nitrogen and oxygen atoms in total. The Bertz CT molecular complexity index is 597. The first-order valence-electron chi connectivity index (χ1n) is 6.79. The Morgan fingerprint density at radius 3 is 2.67 bits per heavy atom. The fraction of sp³-hybridized carbons (Fsp3) is 0.429. The van der Waals surface area contributed by atoms with E-state index in [4.69, 9.17) is 5.11 Å². The molecule has 0 saturated carbocycles. The molecule has 1 aromatic heterocycles. The van der Waals surface area contributed by atoms with Crippen LogP contribution in [0, 0.1) is 0 Å². The van der Waals surface area contributed by atoms with E-state index in [2.05, 4.69) is 15.5 Å². The maximum Gasteiger partial charge on any atom is 0.305 e. The summed E-state index contributed by atoms with van der Waals surface area (Å²) in [5.41, 5.74) is 0.893.